The van der Waals surface area contributed by atoms with Crippen molar-refractivity contribution in [3.8, 4) is 0 Å². The molecule has 1 aliphatic rings. The fourth-order valence-corrected chi connectivity index (χ4v) is 5.42. The molecule has 0 saturated carbocycles. The molecule has 0 unspecified atom stereocenters. The highest BCUT2D eigenvalue weighted by molar-refractivity contribution is 8.03. The van der Waals surface area contributed by atoms with Gasteiger partial charge in [-0.3, -0.25) is 9.59 Å². The van der Waals surface area contributed by atoms with Gasteiger partial charge in [-0.2, -0.15) is 0 Å². The van der Waals surface area contributed by atoms with E-state index >= 15 is 0 Å². The van der Waals surface area contributed by atoms with Crippen LogP contribution in [0.3, 0.4) is 0 Å². The third-order valence-corrected chi connectivity index (χ3v) is 7.42. The molecule has 1 aromatic heterocycles. The molecule has 1 saturated heterocycles. The number of carbonyl (C=O) groups is 2. The maximum Gasteiger partial charge on any atom is 0.227 e. The summed E-state index contributed by atoms with van der Waals surface area (Å²) in [5.41, 5.74) is 1.44. The molecule has 0 bridgehead atoms. The monoisotopic (exact) mass is 407 g/mol. The van der Waals surface area contributed by atoms with Gasteiger partial charge in [-0.15, -0.1) is 10.2 Å². The zero-order valence-electron chi connectivity index (χ0n) is 14.8. The van der Waals surface area contributed by atoms with Crippen LogP contribution in [-0.4, -0.2) is 39.9 Å². The first-order valence-corrected chi connectivity index (χ1v) is 11.3. The van der Waals surface area contributed by atoms with Gasteiger partial charge >= 0.3 is 0 Å². The SMILES string of the molecule is CC(C)CSc1nnc(SCC(=O)c2cccc(N3CCCC3=O)c2)s1. The number of Topliss-reactive ketones (excluding diaryl/α,β-unsaturated/α-hetero) is 1. The number of anilines is 1. The number of carbonyl (C=O) groups excluding carboxylic acids is 2. The molecule has 0 N–H and O–H groups in total. The highest BCUT2D eigenvalue weighted by Gasteiger charge is 2.22. The van der Waals surface area contributed by atoms with Crippen LogP contribution in [0.25, 0.3) is 0 Å². The molecule has 1 aromatic carbocycles. The Morgan fingerprint density at radius 2 is 2.04 bits per heavy atom. The molecule has 0 aliphatic carbocycles. The standard InChI is InChI=1S/C18H21N3O2S3/c1-12(2)10-24-17-19-20-18(26-17)25-11-15(22)13-5-3-6-14(9-13)21-8-4-7-16(21)23/h3,5-6,9,12H,4,7-8,10-11H2,1-2H3. The lowest BCUT2D eigenvalue weighted by atomic mass is 10.1. The van der Waals surface area contributed by atoms with E-state index < -0.39 is 0 Å². The van der Waals surface area contributed by atoms with Crippen LogP contribution >= 0.6 is 34.9 Å². The third-order valence-electron chi connectivity index (χ3n) is 3.81. The molecule has 1 amide bonds. The number of aromatic nitrogens is 2. The Kier molecular flexibility index (Phi) is 6.72. The summed E-state index contributed by atoms with van der Waals surface area (Å²) < 4.78 is 1.76. The van der Waals surface area contributed by atoms with Gasteiger partial charge in [0.2, 0.25) is 5.91 Å². The van der Waals surface area contributed by atoms with Gasteiger partial charge in [-0.1, -0.05) is 60.8 Å². The molecule has 2 aromatic rings. The Morgan fingerprint density at radius 3 is 2.73 bits per heavy atom. The van der Waals surface area contributed by atoms with Crippen molar-refractivity contribution in [1.29, 1.82) is 0 Å². The Bertz CT molecular complexity index is 791. The summed E-state index contributed by atoms with van der Waals surface area (Å²) in [6.07, 6.45) is 1.46. The van der Waals surface area contributed by atoms with Crippen LogP contribution < -0.4 is 4.90 Å². The maximum atomic E-state index is 12.5. The predicted octanol–water partition coefficient (Wildman–Crippen LogP) is 4.39. The number of nitrogens with zero attached hydrogens (tertiary/aromatic N) is 3. The van der Waals surface area contributed by atoms with E-state index in [-0.39, 0.29) is 11.7 Å². The summed E-state index contributed by atoms with van der Waals surface area (Å²) in [5, 5.41) is 8.32. The van der Waals surface area contributed by atoms with Crippen molar-refractivity contribution < 1.29 is 9.59 Å². The van der Waals surface area contributed by atoms with E-state index in [0.29, 0.717) is 23.7 Å². The third kappa shape index (κ3) is 5.08. The number of amides is 1. The highest BCUT2D eigenvalue weighted by atomic mass is 32.2. The highest BCUT2D eigenvalue weighted by Crippen LogP contribution is 2.30. The molecule has 1 aliphatic heterocycles. The number of thioether (sulfide) groups is 2. The molecule has 1 fully saturated rings. The maximum absolute atomic E-state index is 12.5. The molecule has 5 nitrogen and oxygen atoms in total. The minimum atomic E-state index is 0.0371. The Balaban J connectivity index is 1.57. The van der Waals surface area contributed by atoms with Crippen molar-refractivity contribution >= 4 is 52.2 Å². The molecule has 3 rings (SSSR count). The van der Waals surface area contributed by atoms with E-state index in [1.165, 1.54) is 23.1 Å². The van der Waals surface area contributed by atoms with Gasteiger partial charge in [0.15, 0.2) is 14.5 Å². The van der Waals surface area contributed by atoms with Crippen LogP contribution in [0.5, 0.6) is 0 Å². The van der Waals surface area contributed by atoms with Gasteiger partial charge in [0.25, 0.3) is 0 Å². The Hall–Kier alpha value is -1.38. The van der Waals surface area contributed by atoms with Crippen LogP contribution in [0.15, 0.2) is 32.9 Å². The minimum Gasteiger partial charge on any atom is -0.312 e. The summed E-state index contributed by atoms with van der Waals surface area (Å²) in [6, 6.07) is 7.34. The fraction of sp³-hybridized carbons (Fsp3) is 0.444. The number of ketones is 1. The lowest BCUT2D eigenvalue weighted by Crippen LogP contribution is -2.23. The normalized spacial score (nSPS) is 14.4. The molecular formula is C18H21N3O2S3. The second-order valence-electron chi connectivity index (χ2n) is 6.45. The zero-order valence-corrected chi connectivity index (χ0v) is 17.3. The molecule has 26 heavy (non-hydrogen) atoms. The Labute approximate surface area is 166 Å². The van der Waals surface area contributed by atoms with Crippen molar-refractivity contribution in [2.75, 3.05) is 23.0 Å². The average Bonchev–Trinajstić information content (AvgIpc) is 3.26. The predicted molar refractivity (Wildman–Crippen MR) is 109 cm³/mol. The van der Waals surface area contributed by atoms with Gasteiger partial charge in [-0.05, 0) is 24.5 Å². The first-order chi connectivity index (χ1) is 12.5. The van der Waals surface area contributed by atoms with Crippen LogP contribution in [0.4, 0.5) is 5.69 Å². The van der Waals surface area contributed by atoms with E-state index in [1.807, 2.05) is 18.2 Å². The Morgan fingerprint density at radius 1 is 1.27 bits per heavy atom. The molecule has 138 valence electrons. The van der Waals surface area contributed by atoms with E-state index in [0.717, 1.165) is 33.1 Å². The summed E-state index contributed by atoms with van der Waals surface area (Å²) in [5.74, 6) is 2.11. The lowest BCUT2D eigenvalue weighted by Gasteiger charge is -2.16. The summed E-state index contributed by atoms with van der Waals surface area (Å²) in [6.45, 7) is 5.07. The number of rotatable bonds is 8. The van der Waals surface area contributed by atoms with E-state index in [9.17, 15) is 9.59 Å². The number of benzene rings is 1. The zero-order chi connectivity index (χ0) is 18.5. The van der Waals surface area contributed by atoms with E-state index in [2.05, 4.69) is 24.0 Å². The summed E-state index contributed by atoms with van der Waals surface area (Å²) >= 11 is 4.66. The lowest BCUT2D eigenvalue weighted by molar-refractivity contribution is -0.117. The summed E-state index contributed by atoms with van der Waals surface area (Å²) in [4.78, 5) is 26.2. The largest absolute Gasteiger partial charge is 0.312 e. The van der Waals surface area contributed by atoms with Crippen molar-refractivity contribution in [1.82, 2.24) is 10.2 Å². The molecule has 0 atom stereocenters. The van der Waals surface area contributed by atoms with Crippen LogP contribution in [0.2, 0.25) is 0 Å². The quantitative estimate of drug-likeness (QED) is 0.478. The average molecular weight is 408 g/mol. The molecular weight excluding hydrogens is 386 g/mol. The molecule has 0 spiro atoms. The van der Waals surface area contributed by atoms with Crippen LogP contribution in [0.1, 0.15) is 37.0 Å². The van der Waals surface area contributed by atoms with Crippen LogP contribution in [-0.2, 0) is 4.79 Å². The van der Waals surface area contributed by atoms with Crippen molar-refractivity contribution in [3.05, 3.63) is 29.8 Å². The smallest absolute Gasteiger partial charge is 0.227 e. The minimum absolute atomic E-state index is 0.0371. The first kappa shape index (κ1) is 19.4. The number of hydrogen-bond donors (Lipinski definition) is 0. The van der Waals surface area contributed by atoms with Crippen molar-refractivity contribution in [2.45, 2.75) is 35.4 Å². The van der Waals surface area contributed by atoms with Gasteiger partial charge in [-0.25, -0.2) is 0 Å². The van der Waals surface area contributed by atoms with Gasteiger partial charge in [0.05, 0.1) is 5.75 Å². The fourth-order valence-electron chi connectivity index (χ4n) is 2.53. The second kappa shape index (κ2) is 9.01. The van der Waals surface area contributed by atoms with Crippen molar-refractivity contribution in [3.63, 3.8) is 0 Å². The first-order valence-electron chi connectivity index (χ1n) is 8.55. The second-order valence-corrected chi connectivity index (χ2v) is 9.92. The van der Waals surface area contributed by atoms with E-state index in [4.69, 9.17) is 0 Å². The molecule has 2 heterocycles. The van der Waals surface area contributed by atoms with Crippen LogP contribution in [0, 0.1) is 5.92 Å². The van der Waals surface area contributed by atoms with Gasteiger partial charge < -0.3 is 4.90 Å². The number of hydrogen-bond acceptors (Lipinski definition) is 7. The van der Waals surface area contributed by atoms with E-state index in [1.54, 1.807) is 22.7 Å². The summed E-state index contributed by atoms with van der Waals surface area (Å²) in [7, 11) is 0. The molecule has 8 heteroatoms. The topological polar surface area (TPSA) is 63.2 Å². The molecule has 0 radical (unpaired) electrons. The van der Waals surface area contributed by atoms with Crippen molar-refractivity contribution in [2.24, 2.45) is 5.92 Å². The van der Waals surface area contributed by atoms with Gasteiger partial charge in [0.1, 0.15) is 0 Å². The van der Waals surface area contributed by atoms with Gasteiger partial charge in [0, 0.05) is 30.0 Å².